The number of ether oxygens (including phenoxy) is 2. The van der Waals surface area contributed by atoms with Crippen LogP contribution in [-0.4, -0.2) is 33.2 Å². The van der Waals surface area contributed by atoms with Gasteiger partial charge in [-0.05, 0) is 31.0 Å². The van der Waals surface area contributed by atoms with Crippen molar-refractivity contribution in [3.63, 3.8) is 0 Å². The highest BCUT2D eigenvalue weighted by Gasteiger charge is 2.35. The first-order valence-electron chi connectivity index (χ1n) is 9.56. The molecule has 0 bridgehead atoms. The van der Waals surface area contributed by atoms with E-state index in [0.717, 1.165) is 48.0 Å². The smallest absolute Gasteiger partial charge is 0.231 e. The fraction of sp³-hybridized carbons (Fsp3) is 0.333. The summed E-state index contributed by atoms with van der Waals surface area (Å²) in [4.78, 5) is 2.57. The van der Waals surface area contributed by atoms with Crippen molar-refractivity contribution in [1.29, 1.82) is 0 Å². The van der Waals surface area contributed by atoms with Gasteiger partial charge >= 0.3 is 0 Å². The fourth-order valence-electron chi connectivity index (χ4n) is 4.57. The van der Waals surface area contributed by atoms with Crippen LogP contribution in [0.15, 0.2) is 42.5 Å². The van der Waals surface area contributed by atoms with Crippen LogP contribution in [0.4, 0.5) is 0 Å². The standard InChI is InChI=1S/C21H20N4O2/c1-2-6-14(7-3-1)20-21-16-8-4-5-9-24(16)12-15-10-18-19(27-13-26-18)11-17(15)25(21)23-22-20/h1-3,6-7,10-11,16H,4-5,8-9,12-13H2. The number of hydrogen-bond donors (Lipinski definition) is 0. The normalized spacial score (nSPS) is 20.5. The summed E-state index contributed by atoms with van der Waals surface area (Å²) >= 11 is 0. The van der Waals surface area contributed by atoms with Gasteiger partial charge in [0.05, 0.1) is 17.4 Å². The summed E-state index contributed by atoms with van der Waals surface area (Å²) in [6, 6.07) is 14.9. The van der Waals surface area contributed by atoms with Gasteiger partial charge in [0.15, 0.2) is 11.5 Å². The lowest BCUT2D eigenvalue weighted by Crippen LogP contribution is -2.32. The Morgan fingerprint density at radius 2 is 1.85 bits per heavy atom. The lowest BCUT2D eigenvalue weighted by atomic mass is 9.96. The number of rotatable bonds is 1. The molecule has 1 unspecified atom stereocenters. The highest BCUT2D eigenvalue weighted by molar-refractivity contribution is 5.65. The SMILES string of the molecule is c1ccc(-c2nnn3c2C2CCCCN2Cc2cc4c(cc2-3)OCO4)cc1. The maximum atomic E-state index is 5.63. The largest absolute Gasteiger partial charge is 0.454 e. The van der Waals surface area contributed by atoms with Gasteiger partial charge in [-0.1, -0.05) is 42.0 Å². The Kier molecular flexibility index (Phi) is 3.28. The Balaban J connectivity index is 1.60. The number of fused-ring (bicyclic) bond motifs is 6. The molecule has 6 heteroatoms. The fourth-order valence-corrected chi connectivity index (χ4v) is 4.57. The molecule has 1 atom stereocenters. The van der Waals surface area contributed by atoms with Gasteiger partial charge in [-0.25, -0.2) is 4.68 Å². The van der Waals surface area contributed by atoms with Crippen molar-refractivity contribution in [2.75, 3.05) is 13.3 Å². The Morgan fingerprint density at radius 3 is 2.74 bits per heavy atom. The molecule has 0 saturated carbocycles. The van der Waals surface area contributed by atoms with Crippen molar-refractivity contribution in [2.45, 2.75) is 31.8 Å². The molecule has 27 heavy (non-hydrogen) atoms. The molecule has 3 aliphatic heterocycles. The average Bonchev–Trinajstić information content (AvgIpc) is 3.32. The average molecular weight is 360 g/mol. The first-order valence-corrected chi connectivity index (χ1v) is 9.56. The van der Waals surface area contributed by atoms with E-state index in [2.05, 4.69) is 51.6 Å². The third kappa shape index (κ3) is 2.29. The zero-order valence-electron chi connectivity index (χ0n) is 15.0. The van der Waals surface area contributed by atoms with Crippen molar-refractivity contribution >= 4 is 0 Å². The lowest BCUT2D eigenvalue weighted by molar-refractivity contribution is 0.139. The molecule has 3 aromatic rings. The van der Waals surface area contributed by atoms with Crippen LogP contribution in [0.3, 0.4) is 0 Å². The molecule has 2 aromatic carbocycles. The Morgan fingerprint density at radius 1 is 1.00 bits per heavy atom. The third-order valence-corrected chi connectivity index (χ3v) is 5.86. The monoisotopic (exact) mass is 360 g/mol. The van der Waals surface area contributed by atoms with Crippen LogP contribution in [0.5, 0.6) is 11.5 Å². The highest BCUT2D eigenvalue weighted by atomic mass is 16.7. The van der Waals surface area contributed by atoms with Crippen LogP contribution in [-0.2, 0) is 6.54 Å². The molecular weight excluding hydrogens is 340 g/mol. The minimum atomic E-state index is 0.282. The molecule has 6 rings (SSSR count). The molecule has 1 saturated heterocycles. The summed E-state index contributed by atoms with van der Waals surface area (Å²) in [6.07, 6.45) is 3.60. The van der Waals surface area contributed by atoms with E-state index in [1.807, 2.05) is 10.7 Å². The lowest BCUT2D eigenvalue weighted by Gasteiger charge is -2.34. The maximum Gasteiger partial charge on any atom is 0.231 e. The second-order valence-electron chi connectivity index (χ2n) is 7.42. The number of nitrogens with zero attached hydrogens (tertiary/aromatic N) is 4. The Labute approximate surface area is 157 Å². The summed E-state index contributed by atoms with van der Waals surface area (Å²) in [6.45, 7) is 2.27. The van der Waals surface area contributed by atoms with E-state index in [0.29, 0.717) is 6.04 Å². The molecule has 0 spiro atoms. The van der Waals surface area contributed by atoms with Crippen LogP contribution < -0.4 is 9.47 Å². The summed E-state index contributed by atoms with van der Waals surface area (Å²) in [5, 5.41) is 9.20. The van der Waals surface area contributed by atoms with E-state index >= 15 is 0 Å². The number of hydrogen-bond acceptors (Lipinski definition) is 5. The van der Waals surface area contributed by atoms with Crippen molar-refractivity contribution in [3.05, 3.63) is 53.7 Å². The summed E-state index contributed by atoms with van der Waals surface area (Å²) < 4.78 is 13.3. The van der Waals surface area contributed by atoms with Gasteiger partial charge in [0.1, 0.15) is 5.69 Å². The van der Waals surface area contributed by atoms with Crippen LogP contribution in [0, 0.1) is 0 Å². The molecule has 136 valence electrons. The molecule has 0 radical (unpaired) electrons. The number of piperidine rings is 1. The highest BCUT2D eigenvalue weighted by Crippen LogP contribution is 2.44. The first kappa shape index (κ1) is 15.2. The number of benzene rings is 2. The summed E-state index contributed by atoms with van der Waals surface area (Å²) in [5.74, 6) is 1.62. The van der Waals surface area contributed by atoms with Crippen molar-refractivity contribution in [2.24, 2.45) is 0 Å². The molecule has 6 nitrogen and oxygen atoms in total. The Bertz CT molecular complexity index is 1010. The van der Waals surface area contributed by atoms with E-state index in [4.69, 9.17) is 9.47 Å². The van der Waals surface area contributed by atoms with E-state index in [1.165, 1.54) is 24.1 Å². The van der Waals surface area contributed by atoms with Crippen molar-refractivity contribution in [1.82, 2.24) is 19.9 Å². The van der Waals surface area contributed by atoms with Crippen LogP contribution in [0.2, 0.25) is 0 Å². The second kappa shape index (κ2) is 5.82. The maximum absolute atomic E-state index is 5.63. The molecular formula is C21H20N4O2. The molecule has 1 aromatic heterocycles. The summed E-state index contributed by atoms with van der Waals surface area (Å²) in [5.41, 5.74) is 5.57. The molecule has 4 heterocycles. The van der Waals surface area contributed by atoms with E-state index in [9.17, 15) is 0 Å². The minimum absolute atomic E-state index is 0.282. The van der Waals surface area contributed by atoms with Gasteiger partial charge in [0.25, 0.3) is 0 Å². The zero-order valence-corrected chi connectivity index (χ0v) is 15.0. The predicted octanol–water partition coefficient (Wildman–Crippen LogP) is 3.70. The molecule has 3 aliphatic rings. The number of aromatic nitrogens is 3. The molecule has 0 amide bonds. The van der Waals surface area contributed by atoms with Crippen LogP contribution >= 0.6 is 0 Å². The zero-order chi connectivity index (χ0) is 17.8. The predicted molar refractivity (Wildman–Crippen MR) is 99.9 cm³/mol. The minimum Gasteiger partial charge on any atom is -0.454 e. The first-order chi connectivity index (χ1) is 13.4. The van der Waals surface area contributed by atoms with Gasteiger partial charge in [-0.15, -0.1) is 5.10 Å². The van der Waals surface area contributed by atoms with Crippen molar-refractivity contribution in [3.8, 4) is 28.4 Å². The van der Waals surface area contributed by atoms with Gasteiger partial charge in [-0.2, -0.15) is 0 Å². The third-order valence-electron chi connectivity index (χ3n) is 5.86. The van der Waals surface area contributed by atoms with E-state index < -0.39 is 0 Å². The van der Waals surface area contributed by atoms with Gasteiger partial charge in [0.2, 0.25) is 6.79 Å². The van der Waals surface area contributed by atoms with Crippen molar-refractivity contribution < 1.29 is 9.47 Å². The Hall–Kier alpha value is -2.86. The van der Waals surface area contributed by atoms with Crippen LogP contribution in [0.1, 0.15) is 36.6 Å². The van der Waals surface area contributed by atoms with Gasteiger partial charge in [-0.3, -0.25) is 4.90 Å². The topological polar surface area (TPSA) is 52.4 Å². The van der Waals surface area contributed by atoms with E-state index in [-0.39, 0.29) is 6.79 Å². The van der Waals surface area contributed by atoms with Gasteiger partial charge < -0.3 is 9.47 Å². The van der Waals surface area contributed by atoms with Gasteiger partial charge in [0, 0.05) is 18.2 Å². The molecule has 0 N–H and O–H groups in total. The van der Waals surface area contributed by atoms with Crippen LogP contribution in [0.25, 0.3) is 16.9 Å². The molecule has 1 fully saturated rings. The van der Waals surface area contributed by atoms with E-state index in [1.54, 1.807) is 0 Å². The second-order valence-corrected chi connectivity index (χ2v) is 7.42. The summed E-state index contributed by atoms with van der Waals surface area (Å²) in [7, 11) is 0. The quantitative estimate of drug-likeness (QED) is 0.662. The molecule has 0 aliphatic carbocycles.